The number of esters is 1. The molecule has 2 aliphatic carbocycles. The molecule has 2 aliphatic rings. The quantitative estimate of drug-likeness (QED) is 0.529. The highest BCUT2D eigenvalue weighted by Gasteiger charge is 2.63. The average molecular weight is 386 g/mol. The highest BCUT2D eigenvalue weighted by atomic mass is 16.5. The first kappa shape index (κ1) is 17.7. The SMILES string of the molecule is COC(=O)[C@]1(NC(=O)c2ccccc2)[C@@H]2C=C[C@@H](C2)[C@H]1c1c[nH]c2ccccc12. The molecule has 29 heavy (non-hydrogen) atoms. The van der Waals surface area contributed by atoms with E-state index in [4.69, 9.17) is 4.74 Å². The van der Waals surface area contributed by atoms with Gasteiger partial charge in [-0.2, -0.15) is 0 Å². The van der Waals surface area contributed by atoms with Crippen LogP contribution in [0.25, 0.3) is 10.9 Å². The van der Waals surface area contributed by atoms with Crippen LogP contribution in [0, 0.1) is 11.8 Å². The fourth-order valence-electron chi connectivity index (χ4n) is 5.23. The Hall–Kier alpha value is -3.34. The van der Waals surface area contributed by atoms with Gasteiger partial charge in [-0.25, -0.2) is 4.79 Å². The smallest absolute Gasteiger partial charge is 0.332 e. The first-order valence-corrected chi connectivity index (χ1v) is 9.85. The number of methoxy groups -OCH3 is 1. The summed E-state index contributed by atoms with van der Waals surface area (Å²) in [5, 5.41) is 4.19. The van der Waals surface area contributed by atoms with E-state index in [0.717, 1.165) is 22.9 Å². The van der Waals surface area contributed by atoms with Crippen LogP contribution in [0.1, 0.15) is 28.3 Å². The molecule has 0 spiro atoms. The molecule has 1 saturated carbocycles. The number of fused-ring (bicyclic) bond motifs is 3. The topological polar surface area (TPSA) is 71.2 Å². The predicted octanol–water partition coefficient (Wildman–Crippen LogP) is 3.80. The fourth-order valence-corrected chi connectivity index (χ4v) is 5.23. The van der Waals surface area contributed by atoms with Crippen LogP contribution < -0.4 is 5.32 Å². The molecule has 0 aliphatic heterocycles. The normalized spacial score (nSPS) is 27.3. The zero-order valence-electron chi connectivity index (χ0n) is 16.1. The van der Waals surface area contributed by atoms with Gasteiger partial charge in [0.15, 0.2) is 5.54 Å². The maximum absolute atomic E-state index is 13.3. The molecule has 2 bridgehead atoms. The summed E-state index contributed by atoms with van der Waals surface area (Å²) < 4.78 is 5.27. The molecule has 1 fully saturated rings. The van der Waals surface area contributed by atoms with Crippen molar-refractivity contribution < 1.29 is 14.3 Å². The molecule has 1 amide bonds. The van der Waals surface area contributed by atoms with Crippen molar-refractivity contribution in [1.82, 2.24) is 10.3 Å². The van der Waals surface area contributed by atoms with Crippen molar-refractivity contribution >= 4 is 22.8 Å². The third-order valence-electron chi connectivity index (χ3n) is 6.46. The monoisotopic (exact) mass is 386 g/mol. The van der Waals surface area contributed by atoms with Crippen molar-refractivity contribution in [1.29, 1.82) is 0 Å². The highest BCUT2D eigenvalue weighted by molar-refractivity contribution is 6.00. The minimum atomic E-state index is -1.13. The number of para-hydroxylation sites is 1. The van der Waals surface area contributed by atoms with E-state index in [1.54, 1.807) is 12.1 Å². The fraction of sp³-hybridized carbons (Fsp3) is 0.250. The van der Waals surface area contributed by atoms with Crippen molar-refractivity contribution in [3.05, 3.63) is 84.1 Å². The minimum Gasteiger partial charge on any atom is -0.467 e. The van der Waals surface area contributed by atoms with E-state index in [1.165, 1.54) is 7.11 Å². The number of H-pyrrole nitrogens is 1. The molecule has 5 nitrogen and oxygen atoms in total. The van der Waals surface area contributed by atoms with Crippen LogP contribution in [0.4, 0.5) is 0 Å². The molecule has 0 unspecified atom stereocenters. The van der Waals surface area contributed by atoms with E-state index in [-0.39, 0.29) is 23.7 Å². The van der Waals surface area contributed by atoms with Crippen LogP contribution in [0.2, 0.25) is 0 Å². The van der Waals surface area contributed by atoms with E-state index >= 15 is 0 Å². The molecular weight excluding hydrogens is 364 g/mol. The number of rotatable bonds is 4. The Morgan fingerprint density at radius 2 is 1.83 bits per heavy atom. The molecule has 4 atom stereocenters. The lowest BCUT2D eigenvalue weighted by molar-refractivity contribution is -0.150. The van der Waals surface area contributed by atoms with Crippen LogP contribution in [0.3, 0.4) is 0 Å². The Kier molecular flexibility index (Phi) is 4.05. The van der Waals surface area contributed by atoms with Gasteiger partial charge in [-0.05, 0) is 36.1 Å². The average Bonchev–Trinajstić information content (AvgIpc) is 3.48. The highest BCUT2D eigenvalue weighted by Crippen LogP contribution is 2.57. The number of allylic oxidation sites excluding steroid dienone is 1. The van der Waals surface area contributed by atoms with Crippen LogP contribution in [-0.2, 0) is 9.53 Å². The van der Waals surface area contributed by atoms with Crippen molar-refractivity contribution in [2.45, 2.75) is 17.9 Å². The van der Waals surface area contributed by atoms with Gasteiger partial charge >= 0.3 is 5.97 Å². The number of hydrogen-bond donors (Lipinski definition) is 2. The summed E-state index contributed by atoms with van der Waals surface area (Å²) >= 11 is 0. The third kappa shape index (κ3) is 2.54. The van der Waals surface area contributed by atoms with Gasteiger partial charge in [0.05, 0.1) is 7.11 Å². The Balaban J connectivity index is 1.65. The van der Waals surface area contributed by atoms with E-state index in [1.807, 2.05) is 42.6 Å². The molecule has 1 heterocycles. The van der Waals surface area contributed by atoms with E-state index in [2.05, 4.69) is 28.5 Å². The summed E-state index contributed by atoms with van der Waals surface area (Å²) in [7, 11) is 1.39. The Morgan fingerprint density at radius 1 is 1.07 bits per heavy atom. The molecule has 5 heteroatoms. The van der Waals surface area contributed by atoms with Gasteiger partial charge < -0.3 is 15.0 Å². The van der Waals surface area contributed by atoms with Gasteiger partial charge in [0.2, 0.25) is 0 Å². The lowest BCUT2D eigenvalue weighted by Gasteiger charge is -2.40. The minimum absolute atomic E-state index is 0.105. The van der Waals surface area contributed by atoms with Crippen LogP contribution in [0.5, 0.6) is 0 Å². The number of aromatic amines is 1. The first-order valence-electron chi connectivity index (χ1n) is 9.85. The number of amides is 1. The molecular formula is C24H22N2O3. The second-order valence-electron chi connectivity index (χ2n) is 7.84. The molecule has 5 rings (SSSR count). The number of ether oxygens (including phenoxy) is 1. The van der Waals surface area contributed by atoms with Crippen molar-refractivity contribution in [2.75, 3.05) is 7.11 Å². The lowest BCUT2D eigenvalue weighted by Crippen LogP contribution is -2.61. The zero-order valence-corrected chi connectivity index (χ0v) is 16.1. The maximum atomic E-state index is 13.3. The van der Waals surface area contributed by atoms with Crippen molar-refractivity contribution in [3.8, 4) is 0 Å². The summed E-state index contributed by atoms with van der Waals surface area (Å²) in [6.45, 7) is 0. The standard InChI is InChI=1S/C24H22N2O3/c1-29-23(28)24(26-22(27)15-7-3-2-4-8-15)17-12-11-16(13-17)21(24)19-14-25-20-10-6-5-9-18(19)20/h2-12,14,16-17,21,25H,13H2,1H3,(H,26,27)/t16-,17+,21-,24-/m0/s1. The van der Waals surface area contributed by atoms with E-state index < -0.39 is 11.5 Å². The first-order chi connectivity index (χ1) is 14.1. The predicted molar refractivity (Wildman–Crippen MR) is 110 cm³/mol. The number of carbonyl (C=O) groups excluding carboxylic acids is 2. The summed E-state index contributed by atoms with van der Waals surface area (Å²) in [5.41, 5.74) is 1.45. The summed E-state index contributed by atoms with van der Waals surface area (Å²) in [6, 6.07) is 17.0. The number of carbonyl (C=O) groups is 2. The summed E-state index contributed by atoms with van der Waals surface area (Å²) in [4.78, 5) is 29.7. The Bertz CT molecular complexity index is 1120. The summed E-state index contributed by atoms with van der Waals surface area (Å²) in [6.07, 6.45) is 7.01. The molecule has 146 valence electrons. The molecule has 1 aromatic heterocycles. The second kappa shape index (κ2) is 6.62. The zero-order chi connectivity index (χ0) is 20.0. The van der Waals surface area contributed by atoms with Crippen LogP contribution >= 0.6 is 0 Å². The maximum Gasteiger partial charge on any atom is 0.332 e. The lowest BCUT2D eigenvalue weighted by atomic mass is 9.71. The second-order valence-corrected chi connectivity index (χ2v) is 7.84. The van der Waals surface area contributed by atoms with Crippen LogP contribution in [-0.4, -0.2) is 29.5 Å². The van der Waals surface area contributed by atoms with Gasteiger partial charge in [0.25, 0.3) is 5.91 Å². The molecule has 2 aromatic carbocycles. The third-order valence-corrected chi connectivity index (χ3v) is 6.46. The van der Waals surface area contributed by atoms with Gasteiger partial charge in [0.1, 0.15) is 0 Å². The van der Waals surface area contributed by atoms with Gasteiger partial charge in [-0.1, -0.05) is 48.6 Å². The van der Waals surface area contributed by atoms with Crippen molar-refractivity contribution in [2.24, 2.45) is 11.8 Å². The number of aromatic nitrogens is 1. The molecule has 3 aromatic rings. The number of benzene rings is 2. The van der Waals surface area contributed by atoms with Crippen molar-refractivity contribution in [3.63, 3.8) is 0 Å². The van der Waals surface area contributed by atoms with E-state index in [9.17, 15) is 9.59 Å². The van der Waals surface area contributed by atoms with Gasteiger partial charge in [-0.15, -0.1) is 0 Å². The number of nitrogens with one attached hydrogen (secondary N) is 2. The number of hydrogen-bond acceptors (Lipinski definition) is 3. The summed E-state index contributed by atoms with van der Waals surface area (Å²) in [5.74, 6) is -0.801. The Morgan fingerprint density at radius 3 is 2.62 bits per heavy atom. The van der Waals surface area contributed by atoms with Crippen LogP contribution in [0.15, 0.2) is 72.9 Å². The van der Waals surface area contributed by atoms with Gasteiger partial charge in [0, 0.05) is 34.5 Å². The molecule has 2 N–H and O–H groups in total. The largest absolute Gasteiger partial charge is 0.467 e. The van der Waals surface area contributed by atoms with E-state index in [0.29, 0.717) is 5.56 Å². The Labute approximate surface area is 168 Å². The molecule has 0 radical (unpaired) electrons. The van der Waals surface area contributed by atoms with Gasteiger partial charge in [-0.3, -0.25) is 4.79 Å². The molecule has 0 saturated heterocycles.